The first-order chi connectivity index (χ1) is 14.6. The van der Waals surface area contributed by atoms with Crippen LogP contribution in [0.5, 0.6) is 17.2 Å². The lowest BCUT2D eigenvalue weighted by Crippen LogP contribution is -2.27. The number of ether oxygens (including phenoxy) is 3. The number of hydrogen-bond acceptors (Lipinski definition) is 6. The van der Waals surface area contributed by atoms with Crippen LogP contribution in [-0.4, -0.2) is 19.7 Å². The average molecular weight is 406 g/mol. The third-order valence-corrected chi connectivity index (χ3v) is 5.10. The van der Waals surface area contributed by atoms with Gasteiger partial charge in [0.15, 0.2) is 11.5 Å². The maximum absolute atomic E-state index is 12.6. The first-order valence-electron chi connectivity index (χ1n) is 9.75. The van der Waals surface area contributed by atoms with E-state index in [9.17, 15) is 9.59 Å². The van der Waals surface area contributed by atoms with E-state index in [1.807, 2.05) is 42.5 Å². The van der Waals surface area contributed by atoms with Gasteiger partial charge in [-0.15, -0.1) is 0 Å². The highest BCUT2D eigenvalue weighted by Gasteiger charge is 2.34. The maximum atomic E-state index is 12.6. The van der Waals surface area contributed by atoms with Gasteiger partial charge in [-0.3, -0.25) is 4.79 Å². The van der Waals surface area contributed by atoms with Crippen LogP contribution in [0.1, 0.15) is 34.8 Å². The van der Waals surface area contributed by atoms with Crippen LogP contribution in [0, 0.1) is 6.92 Å². The van der Waals surface area contributed by atoms with Gasteiger partial charge < -0.3 is 18.6 Å². The number of para-hydroxylation sites is 1. The molecule has 1 aliphatic heterocycles. The van der Waals surface area contributed by atoms with Crippen LogP contribution in [0.3, 0.4) is 0 Å². The Morgan fingerprint density at radius 3 is 2.63 bits per heavy atom. The second-order valence-electron chi connectivity index (χ2n) is 7.12. The van der Waals surface area contributed by atoms with Crippen molar-refractivity contribution in [3.63, 3.8) is 0 Å². The van der Waals surface area contributed by atoms with E-state index in [0.717, 1.165) is 5.56 Å². The molecule has 1 atom stereocenters. The van der Waals surface area contributed by atoms with Crippen molar-refractivity contribution in [2.75, 3.05) is 13.7 Å². The first kappa shape index (κ1) is 19.8. The molecule has 0 aliphatic carbocycles. The molecule has 0 spiro atoms. The highest BCUT2D eigenvalue weighted by molar-refractivity contribution is 5.78. The molecule has 3 aromatic rings. The molecule has 0 amide bonds. The summed E-state index contributed by atoms with van der Waals surface area (Å²) in [5, 5.41) is 0. The van der Waals surface area contributed by atoms with Crippen molar-refractivity contribution in [2.45, 2.75) is 25.7 Å². The Balaban J connectivity index is 1.71. The van der Waals surface area contributed by atoms with E-state index in [4.69, 9.17) is 18.6 Å². The predicted octanol–water partition coefficient (Wildman–Crippen LogP) is 4.02. The summed E-state index contributed by atoms with van der Waals surface area (Å²) < 4.78 is 22.2. The van der Waals surface area contributed by atoms with Gasteiger partial charge in [0.05, 0.1) is 25.7 Å². The van der Waals surface area contributed by atoms with Crippen molar-refractivity contribution in [1.29, 1.82) is 0 Å². The summed E-state index contributed by atoms with van der Waals surface area (Å²) in [5.74, 6) is 0.731. The lowest BCUT2D eigenvalue weighted by atomic mass is 9.86. The molecule has 1 unspecified atom stereocenters. The van der Waals surface area contributed by atoms with Crippen molar-refractivity contribution in [1.82, 2.24) is 0 Å². The van der Waals surface area contributed by atoms with Gasteiger partial charge >= 0.3 is 11.6 Å². The second-order valence-corrected chi connectivity index (χ2v) is 7.12. The molecule has 1 aliphatic rings. The highest BCUT2D eigenvalue weighted by atomic mass is 16.5. The highest BCUT2D eigenvalue weighted by Crippen LogP contribution is 2.43. The summed E-state index contributed by atoms with van der Waals surface area (Å²) >= 11 is 0. The first-order valence-corrected chi connectivity index (χ1v) is 9.75. The van der Waals surface area contributed by atoms with Crippen molar-refractivity contribution in [2.24, 2.45) is 0 Å². The Hall–Kier alpha value is -3.54. The van der Waals surface area contributed by atoms with Crippen LogP contribution in [0.4, 0.5) is 0 Å². The minimum Gasteiger partial charge on any atom is -0.493 e. The fraction of sp³-hybridized carbons (Fsp3) is 0.250. The van der Waals surface area contributed by atoms with E-state index in [2.05, 4.69) is 0 Å². The van der Waals surface area contributed by atoms with Crippen LogP contribution < -0.4 is 19.8 Å². The normalized spacial score (nSPS) is 15.3. The minimum atomic E-state index is -0.542. The smallest absolute Gasteiger partial charge is 0.343 e. The third-order valence-electron chi connectivity index (χ3n) is 5.10. The molecule has 154 valence electrons. The molecule has 1 aromatic heterocycles. The third kappa shape index (κ3) is 3.94. The van der Waals surface area contributed by atoms with Gasteiger partial charge in [0.1, 0.15) is 11.5 Å². The average Bonchev–Trinajstić information content (AvgIpc) is 2.73. The Bertz CT molecular complexity index is 1120. The summed E-state index contributed by atoms with van der Waals surface area (Å²) in [6.45, 7) is 2.06. The van der Waals surface area contributed by atoms with Crippen molar-refractivity contribution >= 4 is 5.97 Å². The summed E-state index contributed by atoms with van der Waals surface area (Å²) in [6, 6.07) is 17.0. The number of benzene rings is 2. The van der Waals surface area contributed by atoms with Crippen LogP contribution in [0.15, 0.2) is 63.8 Å². The van der Waals surface area contributed by atoms with Crippen LogP contribution in [0.2, 0.25) is 0 Å². The van der Waals surface area contributed by atoms with Gasteiger partial charge in [-0.25, -0.2) is 4.79 Å². The van der Waals surface area contributed by atoms with E-state index < -0.39 is 17.5 Å². The van der Waals surface area contributed by atoms with Gasteiger partial charge in [0, 0.05) is 24.0 Å². The molecule has 0 fully saturated rings. The SMILES string of the molecule is COc1cccc(C2CC(=O)Oc3cc(C)oc(=O)c32)c1OCCc1ccccc1. The zero-order valence-corrected chi connectivity index (χ0v) is 16.8. The Kier molecular flexibility index (Phi) is 5.57. The molecule has 30 heavy (non-hydrogen) atoms. The number of fused-ring (bicyclic) bond motifs is 1. The van der Waals surface area contributed by atoms with E-state index >= 15 is 0 Å². The van der Waals surface area contributed by atoms with E-state index in [1.165, 1.54) is 0 Å². The zero-order valence-electron chi connectivity index (χ0n) is 16.8. The molecule has 0 radical (unpaired) electrons. The number of hydrogen-bond donors (Lipinski definition) is 0. The van der Waals surface area contributed by atoms with Gasteiger partial charge in [-0.1, -0.05) is 42.5 Å². The predicted molar refractivity (Wildman–Crippen MR) is 110 cm³/mol. The number of methoxy groups -OCH3 is 1. The van der Waals surface area contributed by atoms with Crippen molar-refractivity contribution < 1.29 is 23.4 Å². The molecule has 0 bridgehead atoms. The lowest BCUT2D eigenvalue weighted by molar-refractivity contribution is -0.135. The van der Waals surface area contributed by atoms with Crippen molar-refractivity contribution in [3.05, 3.63) is 87.5 Å². The summed E-state index contributed by atoms with van der Waals surface area (Å²) in [7, 11) is 1.56. The molecule has 4 rings (SSSR count). The van der Waals surface area contributed by atoms with Gasteiger partial charge in [0.25, 0.3) is 0 Å². The number of esters is 1. The largest absolute Gasteiger partial charge is 0.493 e. The number of rotatable bonds is 6. The van der Waals surface area contributed by atoms with E-state index in [-0.39, 0.29) is 12.2 Å². The van der Waals surface area contributed by atoms with Crippen LogP contribution in [0.25, 0.3) is 0 Å². The molecular weight excluding hydrogens is 384 g/mol. The molecule has 6 nitrogen and oxygen atoms in total. The van der Waals surface area contributed by atoms with Gasteiger partial charge in [-0.2, -0.15) is 0 Å². The van der Waals surface area contributed by atoms with E-state index in [1.54, 1.807) is 26.2 Å². The quantitative estimate of drug-likeness (QED) is 0.576. The summed E-state index contributed by atoms with van der Waals surface area (Å²) in [4.78, 5) is 24.9. The molecular formula is C24H22O6. The fourth-order valence-electron chi connectivity index (χ4n) is 3.73. The topological polar surface area (TPSA) is 75.0 Å². The molecule has 0 N–H and O–H groups in total. The summed E-state index contributed by atoms with van der Waals surface area (Å²) in [5.41, 5.74) is 1.65. The molecule has 2 heterocycles. The van der Waals surface area contributed by atoms with Gasteiger partial charge in [0.2, 0.25) is 0 Å². The molecule has 0 saturated carbocycles. The van der Waals surface area contributed by atoms with Gasteiger partial charge in [-0.05, 0) is 18.6 Å². The van der Waals surface area contributed by atoms with E-state index in [0.29, 0.717) is 41.4 Å². The standard InChI is InChI=1S/C24H22O6/c1-15-13-20-22(24(26)29-15)18(14-21(25)30-20)17-9-6-10-19(27-2)23(17)28-12-11-16-7-4-3-5-8-16/h3-10,13,18H,11-12,14H2,1-2H3. The maximum Gasteiger partial charge on any atom is 0.343 e. The Morgan fingerprint density at radius 2 is 1.87 bits per heavy atom. The summed E-state index contributed by atoms with van der Waals surface area (Å²) in [6.07, 6.45) is 0.728. The number of carbonyl (C=O) groups is 1. The zero-order chi connectivity index (χ0) is 21.1. The van der Waals surface area contributed by atoms with Crippen LogP contribution in [-0.2, 0) is 11.2 Å². The lowest BCUT2D eigenvalue weighted by Gasteiger charge is -2.26. The number of aryl methyl sites for hydroxylation is 1. The van der Waals surface area contributed by atoms with Crippen LogP contribution >= 0.6 is 0 Å². The number of carbonyl (C=O) groups excluding carboxylic acids is 1. The Morgan fingerprint density at radius 1 is 1.07 bits per heavy atom. The van der Waals surface area contributed by atoms with Crippen molar-refractivity contribution in [3.8, 4) is 17.2 Å². The second kappa shape index (κ2) is 8.45. The molecule has 0 saturated heterocycles. The minimum absolute atomic E-state index is 0.0169. The Labute approximate surface area is 174 Å². The molecule has 2 aromatic carbocycles. The fourth-order valence-corrected chi connectivity index (χ4v) is 3.73. The molecule has 6 heteroatoms. The monoisotopic (exact) mass is 406 g/mol.